The lowest BCUT2D eigenvalue weighted by molar-refractivity contribution is -0.137. The van der Waals surface area contributed by atoms with Gasteiger partial charge in [-0.1, -0.05) is 19.9 Å². The molecule has 0 radical (unpaired) electrons. The Labute approximate surface area is 100 Å². The molecule has 0 aliphatic heterocycles. The minimum Gasteiger partial charge on any atom is -0.313 e. The van der Waals surface area contributed by atoms with Crippen molar-refractivity contribution in [2.24, 2.45) is 0 Å². The zero-order valence-corrected chi connectivity index (χ0v) is 10.5. The van der Waals surface area contributed by atoms with Gasteiger partial charge in [0, 0.05) is 6.04 Å². The molecule has 1 N–H and O–H groups in total. The summed E-state index contributed by atoms with van der Waals surface area (Å²) in [7, 11) is 1.74. The SMILES string of the molecule is CNC(C)c1cc(C(C)C)cc(C(F)(F)F)c1. The second-order valence-corrected chi connectivity index (χ2v) is 4.55. The predicted molar refractivity (Wildman–Crippen MR) is 63.0 cm³/mol. The van der Waals surface area contributed by atoms with Gasteiger partial charge in [-0.25, -0.2) is 0 Å². The molecule has 1 aromatic carbocycles. The molecule has 17 heavy (non-hydrogen) atoms. The second kappa shape index (κ2) is 5.08. The van der Waals surface area contributed by atoms with Gasteiger partial charge in [-0.3, -0.25) is 0 Å². The first kappa shape index (κ1) is 14.0. The summed E-state index contributed by atoms with van der Waals surface area (Å²) in [6.45, 7) is 5.63. The lowest BCUT2D eigenvalue weighted by Crippen LogP contribution is -2.15. The minimum absolute atomic E-state index is 0.0834. The molecule has 0 aliphatic rings. The van der Waals surface area contributed by atoms with E-state index in [9.17, 15) is 13.2 Å². The molecule has 96 valence electrons. The number of rotatable bonds is 3. The van der Waals surface area contributed by atoms with E-state index in [1.165, 1.54) is 12.1 Å². The van der Waals surface area contributed by atoms with E-state index < -0.39 is 11.7 Å². The fourth-order valence-electron chi connectivity index (χ4n) is 1.59. The molecule has 0 fully saturated rings. The van der Waals surface area contributed by atoms with Gasteiger partial charge < -0.3 is 5.32 Å². The van der Waals surface area contributed by atoms with Gasteiger partial charge in [0.15, 0.2) is 0 Å². The molecule has 1 nitrogen and oxygen atoms in total. The number of hydrogen-bond donors (Lipinski definition) is 1. The van der Waals surface area contributed by atoms with Gasteiger partial charge in [0.05, 0.1) is 5.56 Å². The van der Waals surface area contributed by atoms with Crippen LogP contribution in [0.25, 0.3) is 0 Å². The average molecular weight is 245 g/mol. The molecule has 1 rings (SSSR count). The third-order valence-corrected chi connectivity index (χ3v) is 2.90. The molecule has 1 aromatic rings. The number of alkyl halides is 3. The molecule has 0 spiro atoms. The van der Waals surface area contributed by atoms with Gasteiger partial charge in [-0.2, -0.15) is 13.2 Å². The molecular formula is C13H18F3N. The van der Waals surface area contributed by atoms with Gasteiger partial charge in [-0.05, 0) is 43.1 Å². The van der Waals surface area contributed by atoms with Crippen LogP contribution in [0.1, 0.15) is 49.4 Å². The Kier molecular flexibility index (Phi) is 4.20. The van der Waals surface area contributed by atoms with Crippen molar-refractivity contribution >= 4 is 0 Å². The molecule has 4 heteroatoms. The van der Waals surface area contributed by atoms with Crippen LogP contribution in [0.5, 0.6) is 0 Å². The molecule has 0 amide bonds. The van der Waals surface area contributed by atoms with Gasteiger partial charge in [-0.15, -0.1) is 0 Å². The lowest BCUT2D eigenvalue weighted by atomic mass is 9.95. The van der Waals surface area contributed by atoms with E-state index in [2.05, 4.69) is 5.32 Å². The highest BCUT2D eigenvalue weighted by molar-refractivity contribution is 5.35. The molecule has 0 heterocycles. The van der Waals surface area contributed by atoms with Gasteiger partial charge >= 0.3 is 6.18 Å². The van der Waals surface area contributed by atoms with Crippen molar-refractivity contribution < 1.29 is 13.2 Å². The molecule has 0 saturated heterocycles. The Morgan fingerprint density at radius 2 is 1.53 bits per heavy atom. The summed E-state index contributed by atoms with van der Waals surface area (Å²) in [6.07, 6.45) is -4.28. The van der Waals surface area contributed by atoms with Crippen molar-refractivity contribution in [2.75, 3.05) is 7.05 Å². The van der Waals surface area contributed by atoms with Crippen LogP contribution in [0.2, 0.25) is 0 Å². The highest BCUT2D eigenvalue weighted by atomic mass is 19.4. The fraction of sp³-hybridized carbons (Fsp3) is 0.538. The van der Waals surface area contributed by atoms with Gasteiger partial charge in [0.1, 0.15) is 0 Å². The maximum Gasteiger partial charge on any atom is 0.416 e. The standard InChI is InChI=1S/C13H18F3N/c1-8(2)10-5-11(9(3)17-4)7-12(6-10)13(14,15)16/h5-9,17H,1-4H3. The Morgan fingerprint density at radius 3 is 1.94 bits per heavy atom. The number of hydrogen-bond acceptors (Lipinski definition) is 1. The van der Waals surface area contributed by atoms with Crippen LogP contribution in [0.4, 0.5) is 13.2 Å². The zero-order chi connectivity index (χ0) is 13.2. The maximum absolute atomic E-state index is 12.8. The van der Waals surface area contributed by atoms with E-state index in [1.807, 2.05) is 26.8 Å². The quantitative estimate of drug-likeness (QED) is 0.845. The van der Waals surface area contributed by atoms with Crippen LogP contribution in [0.15, 0.2) is 18.2 Å². The van der Waals surface area contributed by atoms with Gasteiger partial charge in [0.25, 0.3) is 0 Å². The smallest absolute Gasteiger partial charge is 0.313 e. The second-order valence-electron chi connectivity index (χ2n) is 4.55. The first-order chi connectivity index (χ1) is 7.75. The van der Waals surface area contributed by atoms with E-state index in [0.29, 0.717) is 5.56 Å². The van der Waals surface area contributed by atoms with Crippen molar-refractivity contribution in [2.45, 2.75) is 38.9 Å². The Bertz CT molecular complexity index is 383. The van der Waals surface area contributed by atoms with E-state index >= 15 is 0 Å². The summed E-state index contributed by atoms with van der Waals surface area (Å²) in [5.74, 6) is 0.0834. The van der Waals surface area contributed by atoms with E-state index in [0.717, 1.165) is 5.56 Å². The Morgan fingerprint density at radius 1 is 1.00 bits per heavy atom. The molecular weight excluding hydrogens is 227 g/mol. The van der Waals surface area contributed by atoms with Crippen LogP contribution in [0, 0.1) is 0 Å². The van der Waals surface area contributed by atoms with Crippen molar-refractivity contribution in [3.05, 3.63) is 34.9 Å². The molecule has 0 aromatic heterocycles. The average Bonchev–Trinajstić information content (AvgIpc) is 2.26. The number of halogens is 3. The van der Waals surface area contributed by atoms with E-state index in [1.54, 1.807) is 7.05 Å². The summed E-state index contributed by atoms with van der Waals surface area (Å²) in [5.41, 5.74) is 0.823. The zero-order valence-electron chi connectivity index (χ0n) is 10.5. The van der Waals surface area contributed by atoms with Crippen molar-refractivity contribution in [3.8, 4) is 0 Å². The van der Waals surface area contributed by atoms with E-state index in [-0.39, 0.29) is 12.0 Å². The summed E-state index contributed by atoms with van der Waals surface area (Å²) in [4.78, 5) is 0. The lowest BCUT2D eigenvalue weighted by Gasteiger charge is -2.17. The first-order valence-corrected chi connectivity index (χ1v) is 5.65. The van der Waals surface area contributed by atoms with Crippen LogP contribution >= 0.6 is 0 Å². The Balaban J connectivity index is 3.29. The van der Waals surface area contributed by atoms with Crippen molar-refractivity contribution in [1.82, 2.24) is 5.32 Å². The third-order valence-electron chi connectivity index (χ3n) is 2.90. The summed E-state index contributed by atoms with van der Waals surface area (Å²) in [6, 6.07) is 4.19. The summed E-state index contributed by atoms with van der Waals surface area (Å²) >= 11 is 0. The predicted octanol–water partition coefficient (Wildman–Crippen LogP) is 4.11. The van der Waals surface area contributed by atoms with Gasteiger partial charge in [0.2, 0.25) is 0 Å². The van der Waals surface area contributed by atoms with Crippen LogP contribution < -0.4 is 5.32 Å². The third kappa shape index (κ3) is 3.46. The van der Waals surface area contributed by atoms with Crippen LogP contribution in [-0.2, 0) is 6.18 Å². The highest BCUT2D eigenvalue weighted by Crippen LogP contribution is 2.33. The topological polar surface area (TPSA) is 12.0 Å². The summed E-state index contributed by atoms with van der Waals surface area (Å²) in [5, 5.41) is 2.96. The van der Waals surface area contributed by atoms with Crippen molar-refractivity contribution in [1.29, 1.82) is 0 Å². The molecule has 1 unspecified atom stereocenters. The highest BCUT2D eigenvalue weighted by Gasteiger charge is 2.31. The first-order valence-electron chi connectivity index (χ1n) is 5.65. The van der Waals surface area contributed by atoms with Crippen LogP contribution in [-0.4, -0.2) is 7.05 Å². The minimum atomic E-state index is -4.28. The monoisotopic (exact) mass is 245 g/mol. The van der Waals surface area contributed by atoms with Crippen LogP contribution in [0.3, 0.4) is 0 Å². The normalized spacial score (nSPS) is 14.1. The molecule has 0 saturated carbocycles. The number of nitrogens with one attached hydrogen (secondary N) is 1. The largest absolute Gasteiger partial charge is 0.416 e. The summed E-state index contributed by atoms with van der Waals surface area (Å²) < 4.78 is 38.3. The molecule has 1 atom stereocenters. The van der Waals surface area contributed by atoms with E-state index in [4.69, 9.17) is 0 Å². The van der Waals surface area contributed by atoms with Crippen molar-refractivity contribution in [3.63, 3.8) is 0 Å². The number of benzene rings is 1. The fourth-order valence-corrected chi connectivity index (χ4v) is 1.59. The Hall–Kier alpha value is -1.03. The molecule has 0 aliphatic carbocycles. The maximum atomic E-state index is 12.8. The molecule has 0 bridgehead atoms.